The molecule has 4 heteroatoms. The number of aryl methyl sites for hydroxylation is 2. The second-order valence-corrected chi connectivity index (χ2v) is 4.78. The molecule has 0 saturated heterocycles. The minimum absolute atomic E-state index is 0. The topological polar surface area (TPSA) is 20.2 Å². The molecular formula is C18H20Cl2OZr. The molecule has 0 radical (unpaired) electrons. The molecule has 0 spiro atoms. The Balaban J connectivity index is 0. The van der Waals surface area contributed by atoms with E-state index < -0.39 is 0 Å². The van der Waals surface area contributed by atoms with Crippen molar-refractivity contribution in [2.75, 3.05) is 6.61 Å². The van der Waals surface area contributed by atoms with E-state index in [1.165, 1.54) is 21.9 Å². The van der Waals surface area contributed by atoms with Gasteiger partial charge in [-0.25, -0.2) is 12.1 Å². The van der Waals surface area contributed by atoms with E-state index in [4.69, 9.17) is 5.11 Å². The second kappa shape index (κ2) is 13.1. The maximum Gasteiger partial charge on any atom is 4.00 e. The van der Waals surface area contributed by atoms with Crippen LogP contribution in [-0.4, -0.2) is 11.7 Å². The van der Waals surface area contributed by atoms with E-state index in [1.807, 2.05) is 12.1 Å². The van der Waals surface area contributed by atoms with Crippen LogP contribution in [0.15, 0.2) is 60.7 Å². The summed E-state index contributed by atoms with van der Waals surface area (Å²) in [6.07, 6.45) is 1.88. The first-order valence-corrected chi connectivity index (χ1v) is 6.73. The van der Waals surface area contributed by atoms with Crippen molar-refractivity contribution in [1.29, 1.82) is 0 Å². The molecule has 0 bridgehead atoms. The quantitative estimate of drug-likeness (QED) is 0.502. The van der Waals surface area contributed by atoms with Crippen molar-refractivity contribution < 1.29 is 56.1 Å². The van der Waals surface area contributed by atoms with Crippen LogP contribution in [-0.2, 0) is 32.6 Å². The molecule has 3 aromatic carbocycles. The normalized spacial score (nSPS) is 8.82. The van der Waals surface area contributed by atoms with Gasteiger partial charge in [0, 0.05) is 6.61 Å². The Bertz CT molecular complexity index is 569. The van der Waals surface area contributed by atoms with Crippen LogP contribution in [0.3, 0.4) is 0 Å². The molecule has 0 unspecified atom stereocenters. The maximum atomic E-state index is 8.47. The predicted molar refractivity (Wildman–Crippen MR) is 81.7 cm³/mol. The summed E-state index contributed by atoms with van der Waals surface area (Å²) in [5, 5.41) is 11.2. The van der Waals surface area contributed by atoms with Crippen LogP contribution >= 0.6 is 0 Å². The van der Waals surface area contributed by atoms with E-state index in [-0.39, 0.29) is 51.0 Å². The molecule has 0 aliphatic rings. The molecule has 1 nitrogen and oxygen atoms in total. The van der Waals surface area contributed by atoms with Crippen LogP contribution in [0.5, 0.6) is 0 Å². The van der Waals surface area contributed by atoms with Gasteiger partial charge in [-0.05, 0) is 6.42 Å². The molecule has 0 saturated carbocycles. The van der Waals surface area contributed by atoms with E-state index in [1.54, 1.807) is 0 Å². The van der Waals surface area contributed by atoms with Crippen LogP contribution in [0.1, 0.15) is 17.5 Å². The number of benzene rings is 1. The average molecular weight is 414 g/mol. The van der Waals surface area contributed by atoms with Gasteiger partial charge in [-0.15, -0.1) is 40.6 Å². The third-order valence-electron chi connectivity index (χ3n) is 3.12. The zero-order valence-electron chi connectivity index (χ0n) is 12.6. The summed E-state index contributed by atoms with van der Waals surface area (Å²) in [4.78, 5) is 0. The first kappa shape index (κ1) is 23.9. The Labute approximate surface area is 164 Å². The summed E-state index contributed by atoms with van der Waals surface area (Å²) in [7, 11) is 0. The molecule has 0 aromatic heterocycles. The van der Waals surface area contributed by atoms with Crippen LogP contribution < -0.4 is 24.8 Å². The summed E-state index contributed by atoms with van der Waals surface area (Å²) >= 11 is 0. The number of rotatable bonds is 3. The van der Waals surface area contributed by atoms with Gasteiger partial charge in [0.15, 0.2) is 0 Å². The first-order chi connectivity index (χ1) is 9.29. The standard InChI is InChI=1S/C10H9.C8H11O.2ClH.Zr/c1-8-6-9-4-2-3-5-10(9)7-8;9-7-3-6-8-4-1-2-5-8;;;/h2-7H,1H3;1-2,4-5,9H,3,6-7H2;2*1H;/q2*-1;;;+4/p-2. The van der Waals surface area contributed by atoms with Gasteiger partial charge in [-0.2, -0.15) is 23.8 Å². The van der Waals surface area contributed by atoms with Gasteiger partial charge >= 0.3 is 26.2 Å². The molecule has 0 heterocycles. The number of aliphatic hydroxyl groups is 1. The number of fused-ring (bicyclic) bond motifs is 1. The Morgan fingerprint density at radius 1 is 1.05 bits per heavy atom. The third kappa shape index (κ3) is 7.74. The molecule has 0 amide bonds. The summed E-state index contributed by atoms with van der Waals surface area (Å²) < 4.78 is 0. The Kier molecular flexibility index (Phi) is 14.2. The molecule has 0 aliphatic carbocycles. The van der Waals surface area contributed by atoms with Crippen LogP contribution in [0.4, 0.5) is 0 Å². The minimum atomic E-state index is 0. The Morgan fingerprint density at radius 3 is 2.27 bits per heavy atom. The fraction of sp³-hybridized carbons (Fsp3) is 0.222. The molecule has 0 atom stereocenters. The van der Waals surface area contributed by atoms with Gasteiger partial charge in [-0.1, -0.05) is 19.4 Å². The Hall–Kier alpha value is -0.397. The zero-order valence-corrected chi connectivity index (χ0v) is 16.6. The first-order valence-electron chi connectivity index (χ1n) is 6.73. The van der Waals surface area contributed by atoms with Crippen LogP contribution in [0, 0.1) is 6.92 Å². The number of hydrogen-bond donors (Lipinski definition) is 1. The van der Waals surface area contributed by atoms with Crippen molar-refractivity contribution in [2.24, 2.45) is 0 Å². The van der Waals surface area contributed by atoms with Gasteiger partial charge in [0.2, 0.25) is 0 Å². The minimum Gasteiger partial charge on any atom is -1.00 e. The maximum absolute atomic E-state index is 8.47. The van der Waals surface area contributed by atoms with Crippen molar-refractivity contribution in [2.45, 2.75) is 19.8 Å². The van der Waals surface area contributed by atoms with Crippen LogP contribution in [0.2, 0.25) is 0 Å². The predicted octanol–water partition coefficient (Wildman–Crippen LogP) is -1.80. The molecule has 116 valence electrons. The fourth-order valence-electron chi connectivity index (χ4n) is 2.17. The van der Waals surface area contributed by atoms with E-state index in [0.29, 0.717) is 6.61 Å². The van der Waals surface area contributed by atoms with Crippen LogP contribution in [0.25, 0.3) is 10.8 Å². The van der Waals surface area contributed by atoms with Crippen molar-refractivity contribution in [3.05, 3.63) is 71.8 Å². The summed E-state index contributed by atoms with van der Waals surface area (Å²) in [6.45, 7) is 2.42. The summed E-state index contributed by atoms with van der Waals surface area (Å²) in [5.74, 6) is 0. The van der Waals surface area contributed by atoms with Gasteiger partial charge in [0.1, 0.15) is 0 Å². The van der Waals surface area contributed by atoms with Crippen molar-refractivity contribution in [1.82, 2.24) is 0 Å². The molecule has 3 aromatic rings. The van der Waals surface area contributed by atoms with Crippen molar-refractivity contribution in [3.8, 4) is 0 Å². The molecule has 0 fully saturated rings. The van der Waals surface area contributed by atoms with Gasteiger partial charge in [0.05, 0.1) is 0 Å². The van der Waals surface area contributed by atoms with E-state index in [2.05, 4.69) is 55.5 Å². The van der Waals surface area contributed by atoms with Crippen molar-refractivity contribution >= 4 is 10.8 Å². The fourth-order valence-corrected chi connectivity index (χ4v) is 2.17. The second-order valence-electron chi connectivity index (χ2n) is 4.78. The number of hydrogen-bond acceptors (Lipinski definition) is 1. The average Bonchev–Trinajstić information content (AvgIpc) is 3.04. The molecule has 22 heavy (non-hydrogen) atoms. The SMILES string of the molecule is Cc1cc2ccccc2[cH-]1.OCCC[c-]1cccc1.[Cl-].[Cl-].[Zr+4]. The van der Waals surface area contributed by atoms with Gasteiger partial charge < -0.3 is 29.9 Å². The van der Waals surface area contributed by atoms with Crippen molar-refractivity contribution in [3.63, 3.8) is 0 Å². The van der Waals surface area contributed by atoms with E-state index in [0.717, 1.165) is 12.8 Å². The summed E-state index contributed by atoms with van der Waals surface area (Å²) in [5.41, 5.74) is 2.67. The largest absolute Gasteiger partial charge is 4.00 e. The Morgan fingerprint density at radius 2 is 1.68 bits per heavy atom. The summed E-state index contributed by atoms with van der Waals surface area (Å²) in [6, 6.07) is 21.0. The smallest absolute Gasteiger partial charge is 1.00 e. The molecule has 1 N–H and O–H groups in total. The van der Waals surface area contributed by atoms with Gasteiger partial charge in [0.25, 0.3) is 0 Å². The number of halogens is 2. The van der Waals surface area contributed by atoms with E-state index >= 15 is 0 Å². The zero-order chi connectivity index (χ0) is 13.5. The van der Waals surface area contributed by atoms with E-state index in [9.17, 15) is 0 Å². The van der Waals surface area contributed by atoms with Gasteiger partial charge in [-0.3, -0.25) is 0 Å². The molecule has 0 aliphatic heterocycles. The number of aliphatic hydroxyl groups excluding tert-OH is 1. The third-order valence-corrected chi connectivity index (χ3v) is 3.12. The molecule has 3 rings (SSSR count). The molecular weight excluding hydrogens is 394 g/mol. The monoisotopic (exact) mass is 412 g/mol.